The zero-order chi connectivity index (χ0) is 17.5. The molecule has 0 saturated carbocycles. The monoisotopic (exact) mass is 331 g/mol. The summed E-state index contributed by atoms with van der Waals surface area (Å²) in [6, 6.07) is 14.3. The number of nitrogens with zero attached hydrogens (tertiary/aromatic N) is 1. The summed E-state index contributed by atoms with van der Waals surface area (Å²) in [5, 5.41) is 21.4. The van der Waals surface area contributed by atoms with E-state index in [0.29, 0.717) is 5.56 Å². The molecule has 24 heavy (non-hydrogen) atoms. The van der Waals surface area contributed by atoms with Crippen LogP contribution in [0.4, 0.5) is 5.69 Å². The number of aliphatic hydroxyl groups is 1. The smallest absolute Gasteiger partial charge is 0.339 e. The van der Waals surface area contributed by atoms with E-state index in [1.165, 1.54) is 18.2 Å². The maximum atomic E-state index is 11.9. The van der Waals surface area contributed by atoms with Crippen LogP contribution < -0.4 is 4.74 Å². The number of rotatable bonds is 7. The number of carbonyl (C=O) groups excluding carboxylic acids is 1. The minimum Gasteiger partial charge on any atom is -0.475 e. The second kappa shape index (κ2) is 8.07. The van der Waals surface area contributed by atoms with Gasteiger partial charge in [-0.15, -0.1) is 0 Å². The number of hydrogen-bond donors (Lipinski definition) is 1. The molecule has 0 fully saturated rings. The molecule has 0 heterocycles. The number of benzene rings is 2. The van der Waals surface area contributed by atoms with Gasteiger partial charge >= 0.3 is 11.7 Å². The summed E-state index contributed by atoms with van der Waals surface area (Å²) >= 11 is 0. The lowest BCUT2D eigenvalue weighted by Crippen LogP contribution is -2.33. The van der Waals surface area contributed by atoms with Gasteiger partial charge in [0.25, 0.3) is 0 Å². The van der Waals surface area contributed by atoms with Crippen LogP contribution in [0.3, 0.4) is 0 Å². The summed E-state index contributed by atoms with van der Waals surface area (Å²) in [5.41, 5.74) is 0.241. The van der Waals surface area contributed by atoms with E-state index in [4.69, 9.17) is 9.47 Å². The lowest BCUT2D eigenvalue weighted by atomic mass is 10.0. The highest BCUT2D eigenvalue weighted by atomic mass is 16.6. The van der Waals surface area contributed by atoms with Gasteiger partial charge in [-0.25, -0.2) is 4.79 Å². The number of nitro benzene ring substituents is 1. The first-order valence-electron chi connectivity index (χ1n) is 7.34. The molecular formula is C17H17NO6. The predicted octanol–water partition coefficient (Wildman–Crippen LogP) is 2.64. The summed E-state index contributed by atoms with van der Waals surface area (Å²) in [6.07, 6.45) is -2.75. The molecular weight excluding hydrogens is 314 g/mol. The van der Waals surface area contributed by atoms with Gasteiger partial charge in [0.15, 0.2) is 18.0 Å². The molecule has 0 spiro atoms. The minimum absolute atomic E-state index is 0.0419. The van der Waals surface area contributed by atoms with Crippen molar-refractivity contribution >= 4 is 11.7 Å². The minimum atomic E-state index is -1.62. The van der Waals surface area contributed by atoms with E-state index in [1.54, 1.807) is 43.3 Å². The predicted molar refractivity (Wildman–Crippen MR) is 85.5 cm³/mol. The van der Waals surface area contributed by atoms with Gasteiger partial charge < -0.3 is 14.6 Å². The van der Waals surface area contributed by atoms with Crippen LogP contribution in [-0.2, 0) is 9.53 Å². The quantitative estimate of drug-likeness (QED) is 0.476. The zero-order valence-corrected chi connectivity index (χ0v) is 13.0. The van der Waals surface area contributed by atoms with Gasteiger partial charge in [-0.2, -0.15) is 0 Å². The molecule has 0 aromatic heterocycles. The fourth-order valence-corrected chi connectivity index (χ4v) is 2.15. The van der Waals surface area contributed by atoms with Crippen molar-refractivity contribution in [3.05, 3.63) is 70.3 Å². The molecule has 2 unspecified atom stereocenters. The fourth-order valence-electron chi connectivity index (χ4n) is 2.15. The Bertz CT molecular complexity index is 703. The summed E-state index contributed by atoms with van der Waals surface area (Å²) in [7, 11) is 0. The first-order chi connectivity index (χ1) is 11.5. The van der Waals surface area contributed by atoms with E-state index in [-0.39, 0.29) is 18.0 Å². The molecule has 1 N–H and O–H groups in total. The van der Waals surface area contributed by atoms with Crippen molar-refractivity contribution in [2.75, 3.05) is 6.61 Å². The van der Waals surface area contributed by atoms with Crippen molar-refractivity contribution in [1.82, 2.24) is 0 Å². The molecule has 7 heteroatoms. The highest BCUT2D eigenvalue weighted by molar-refractivity contribution is 5.75. The second-order valence-electron chi connectivity index (χ2n) is 4.87. The molecule has 0 saturated heterocycles. The van der Waals surface area contributed by atoms with Crippen LogP contribution in [0.25, 0.3) is 0 Å². The van der Waals surface area contributed by atoms with Crippen LogP contribution in [0, 0.1) is 10.1 Å². The third-order valence-corrected chi connectivity index (χ3v) is 3.26. The summed E-state index contributed by atoms with van der Waals surface area (Å²) in [5.74, 6) is -0.898. The van der Waals surface area contributed by atoms with Crippen molar-refractivity contribution in [2.24, 2.45) is 0 Å². The maximum Gasteiger partial charge on any atom is 0.339 e. The Kier molecular flexibility index (Phi) is 5.86. The van der Waals surface area contributed by atoms with Crippen LogP contribution in [0.5, 0.6) is 5.75 Å². The van der Waals surface area contributed by atoms with Gasteiger partial charge in [-0.1, -0.05) is 42.5 Å². The van der Waals surface area contributed by atoms with Gasteiger partial charge in [0.2, 0.25) is 0 Å². The number of carbonyl (C=O) groups is 1. The first kappa shape index (κ1) is 17.4. The standard InChI is InChI=1S/C17H17NO6/c1-2-23-17(20)15(19)16(12-8-4-3-5-9-12)24-14-11-7-6-10-13(14)18(21)22/h3-11,15-16,19H,2H2,1H3. The Hall–Kier alpha value is -2.93. The summed E-state index contributed by atoms with van der Waals surface area (Å²) in [4.78, 5) is 22.4. The van der Waals surface area contributed by atoms with Crippen molar-refractivity contribution in [1.29, 1.82) is 0 Å². The number of nitro groups is 1. The molecule has 2 atom stereocenters. The average molecular weight is 331 g/mol. The van der Waals surface area contributed by atoms with Crippen LogP contribution >= 0.6 is 0 Å². The van der Waals surface area contributed by atoms with Crippen molar-refractivity contribution in [3.63, 3.8) is 0 Å². The van der Waals surface area contributed by atoms with Gasteiger partial charge in [-0.3, -0.25) is 10.1 Å². The van der Waals surface area contributed by atoms with Crippen LogP contribution in [0.15, 0.2) is 54.6 Å². The summed E-state index contributed by atoms with van der Waals surface area (Å²) < 4.78 is 10.4. The Balaban J connectivity index is 2.37. The lowest BCUT2D eigenvalue weighted by Gasteiger charge is -2.23. The van der Waals surface area contributed by atoms with Crippen molar-refractivity contribution in [3.8, 4) is 5.75 Å². The van der Waals surface area contributed by atoms with Gasteiger partial charge in [0.1, 0.15) is 0 Å². The molecule has 0 aliphatic heterocycles. The third kappa shape index (κ3) is 4.08. The molecule has 0 radical (unpaired) electrons. The first-order valence-corrected chi connectivity index (χ1v) is 7.34. The van der Waals surface area contributed by atoms with Gasteiger partial charge in [0.05, 0.1) is 11.5 Å². The molecule has 126 valence electrons. The van der Waals surface area contributed by atoms with Gasteiger partial charge in [0, 0.05) is 6.07 Å². The van der Waals surface area contributed by atoms with Crippen LogP contribution in [-0.4, -0.2) is 28.7 Å². The molecule has 0 bridgehead atoms. The maximum absolute atomic E-state index is 11.9. The molecule has 0 aliphatic carbocycles. The highest BCUT2D eigenvalue weighted by Crippen LogP contribution is 2.32. The summed E-state index contributed by atoms with van der Waals surface area (Å²) in [6.45, 7) is 1.72. The van der Waals surface area contributed by atoms with E-state index in [1.807, 2.05) is 0 Å². The lowest BCUT2D eigenvalue weighted by molar-refractivity contribution is -0.386. The van der Waals surface area contributed by atoms with E-state index in [0.717, 1.165) is 0 Å². The van der Waals surface area contributed by atoms with Crippen LogP contribution in [0.2, 0.25) is 0 Å². The molecule has 7 nitrogen and oxygen atoms in total. The van der Waals surface area contributed by atoms with E-state index < -0.39 is 23.1 Å². The Morgan fingerprint density at radius 3 is 2.42 bits per heavy atom. The number of ether oxygens (including phenoxy) is 2. The van der Waals surface area contributed by atoms with E-state index in [2.05, 4.69) is 0 Å². The molecule has 0 aliphatic rings. The average Bonchev–Trinajstić information content (AvgIpc) is 2.60. The topological polar surface area (TPSA) is 98.9 Å². The van der Waals surface area contributed by atoms with Crippen LogP contribution in [0.1, 0.15) is 18.6 Å². The zero-order valence-electron chi connectivity index (χ0n) is 13.0. The number of para-hydroxylation sites is 2. The Labute approximate surface area is 138 Å². The molecule has 2 aromatic carbocycles. The SMILES string of the molecule is CCOC(=O)C(O)C(Oc1ccccc1[N+](=O)[O-])c1ccccc1. The van der Waals surface area contributed by atoms with E-state index in [9.17, 15) is 20.0 Å². The van der Waals surface area contributed by atoms with Gasteiger partial charge in [-0.05, 0) is 18.6 Å². The fraction of sp³-hybridized carbons (Fsp3) is 0.235. The number of esters is 1. The normalized spacial score (nSPS) is 12.9. The molecule has 0 amide bonds. The number of aliphatic hydroxyl groups excluding tert-OH is 1. The largest absolute Gasteiger partial charge is 0.475 e. The number of hydrogen-bond acceptors (Lipinski definition) is 6. The van der Waals surface area contributed by atoms with Crippen molar-refractivity contribution < 1.29 is 24.3 Å². The Morgan fingerprint density at radius 1 is 1.17 bits per heavy atom. The molecule has 2 rings (SSSR count). The second-order valence-corrected chi connectivity index (χ2v) is 4.87. The van der Waals surface area contributed by atoms with Crippen molar-refractivity contribution in [2.45, 2.75) is 19.1 Å². The highest BCUT2D eigenvalue weighted by Gasteiger charge is 2.32. The third-order valence-electron chi connectivity index (χ3n) is 3.26. The van der Waals surface area contributed by atoms with E-state index >= 15 is 0 Å². The Morgan fingerprint density at radius 2 is 1.79 bits per heavy atom. The molecule has 2 aromatic rings.